The van der Waals surface area contributed by atoms with Crippen molar-refractivity contribution >= 4 is 23.8 Å². The van der Waals surface area contributed by atoms with Gasteiger partial charge in [0.2, 0.25) is 0 Å². The van der Waals surface area contributed by atoms with Gasteiger partial charge in [-0.15, -0.1) is 0 Å². The maximum Gasteiger partial charge on any atom is 0.326 e. The fraction of sp³-hybridized carbons (Fsp3) is 0.474. The molecule has 0 saturated carbocycles. The molecule has 9 nitrogen and oxygen atoms in total. The molecule has 0 aliphatic carbocycles. The van der Waals surface area contributed by atoms with E-state index in [0.29, 0.717) is 18.6 Å². The number of esters is 1. The van der Waals surface area contributed by atoms with Gasteiger partial charge >= 0.3 is 12.0 Å². The van der Waals surface area contributed by atoms with E-state index < -0.39 is 42.5 Å². The summed E-state index contributed by atoms with van der Waals surface area (Å²) in [6.07, 6.45) is 0.847. The van der Waals surface area contributed by atoms with E-state index in [1.807, 2.05) is 18.2 Å². The predicted octanol–water partition coefficient (Wildman–Crippen LogP) is 0.835. The van der Waals surface area contributed by atoms with Crippen LogP contribution in [0.3, 0.4) is 0 Å². The van der Waals surface area contributed by atoms with Gasteiger partial charge in [-0.05, 0) is 25.0 Å². The van der Waals surface area contributed by atoms with Crippen LogP contribution in [-0.4, -0.2) is 60.6 Å². The molecule has 1 saturated heterocycles. The lowest BCUT2D eigenvalue weighted by Gasteiger charge is -2.22. The molecule has 0 atom stereocenters. The van der Waals surface area contributed by atoms with Crippen LogP contribution >= 0.6 is 0 Å². The summed E-state index contributed by atoms with van der Waals surface area (Å²) in [5.74, 6) is -1.10. The number of amides is 4. The zero-order valence-corrected chi connectivity index (χ0v) is 16.0. The van der Waals surface area contributed by atoms with Gasteiger partial charge in [0.25, 0.3) is 11.8 Å². The predicted molar refractivity (Wildman–Crippen MR) is 99.5 cm³/mol. The number of rotatable bonds is 10. The van der Waals surface area contributed by atoms with Gasteiger partial charge in [-0.25, -0.2) is 4.79 Å². The number of ether oxygens (including phenoxy) is 2. The van der Waals surface area contributed by atoms with Crippen LogP contribution in [-0.2, 0) is 19.1 Å². The Morgan fingerprint density at radius 1 is 1.14 bits per heavy atom. The Morgan fingerprint density at radius 2 is 1.82 bits per heavy atom. The highest BCUT2D eigenvalue weighted by Gasteiger charge is 2.49. The third-order valence-corrected chi connectivity index (χ3v) is 4.54. The molecule has 0 spiro atoms. The molecule has 28 heavy (non-hydrogen) atoms. The molecule has 0 aromatic heterocycles. The van der Waals surface area contributed by atoms with E-state index in [1.165, 1.54) is 0 Å². The summed E-state index contributed by atoms with van der Waals surface area (Å²) in [5, 5.41) is 5.17. The van der Waals surface area contributed by atoms with Gasteiger partial charge in [-0.1, -0.05) is 32.0 Å². The van der Waals surface area contributed by atoms with Crippen molar-refractivity contribution < 1.29 is 28.7 Å². The summed E-state index contributed by atoms with van der Waals surface area (Å²) in [5.41, 5.74) is -0.979. The minimum absolute atomic E-state index is 0.244. The van der Waals surface area contributed by atoms with E-state index in [1.54, 1.807) is 26.0 Å². The van der Waals surface area contributed by atoms with Crippen LogP contribution in [0.2, 0.25) is 0 Å². The van der Waals surface area contributed by atoms with Crippen molar-refractivity contribution in [2.45, 2.75) is 32.2 Å². The summed E-state index contributed by atoms with van der Waals surface area (Å²) < 4.78 is 10.3. The topological polar surface area (TPSA) is 114 Å². The molecule has 2 rings (SSSR count). The first-order valence-corrected chi connectivity index (χ1v) is 9.16. The molecule has 1 aromatic rings. The van der Waals surface area contributed by atoms with Gasteiger partial charge in [0.05, 0.1) is 6.54 Å². The average Bonchev–Trinajstić information content (AvgIpc) is 2.95. The van der Waals surface area contributed by atoms with E-state index >= 15 is 0 Å². The Kier molecular flexibility index (Phi) is 7.36. The van der Waals surface area contributed by atoms with Gasteiger partial charge in [-0.3, -0.25) is 19.3 Å². The molecule has 0 bridgehead atoms. The third-order valence-electron chi connectivity index (χ3n) is 4.54. The summed E-state index contributed by atoms with van der Waals surface area (Å²) >= 11 is 0. The average molecular weight is 391 g/mol. The number of carbonyl (C=O) groups excluding carboxylic acids is 4. The van der Waals surface area contributed by atoms with Crippen molar-refractivity contribution in [3.05, 3.63) is 30.3 Å². The first-order chi connectivity index (χ1) is 13.4. The van der Waals surface area contributed by atoms with Crippen LogP contribution < -0.4 is 15.4 Å². The van der Waals surface area contributed by atoms with Crippen LogP contribution in [0.5, 0.6) is 5.75 Å². The van der Waals surface area contributed by atoms with E-state index in [2.05, 4.69) is 10.6 Å². The lowest BCUT2D eigenvalue weighted by atomic mass is 9.93. The number of hydrogen-bond donors (Lipinski definition) is 2. The Morgan fingerprint density at radius 3 is 2.43 bits per heavy atom. The highest BCUT2D eigenvalue weighted by atomic mass is 16.5. The highest BCUT2D eigenvalue weighted by molar-refractivity contribution is 6.08. The molecular formula is C19H25N3O6. The van der Waals surface area contributed by atoms with Gasteiger partial charge in [0.1, 0.15) is 24.4 Å². The van der Waals surface area contributed by atoms with Gasteiger partial charge in [0, 0.05) is 0 Å². The van der Waals surface area contributed by atoms with E-state index in [9.17, 15) is 19.2 Å². The molecule has 1 aliphatic rings. The standard InChI is InChI=1S/C19H25N3O6/c1-3-19(4-2)17(25)22(18(26)21-19)12-16(24)28-13-15(23)20-10-11-27-14-8-6-5-7-9-14/h5-9H,3-4,10-13H2,1-2H3,(H,20,23)(H,21,26). The molecule has 1 heterocycles. The molecule has 0 radical (unpaired) electrons. The Hall–Kier alpha value is -3.10. The molecule has 152 valence electrons. The summed E-state index contributed by atoms with van der Waals surface area (Å²) in [7, 11) is 0. The van der Waals surface area contributed by atoms with Crippen LogP contribution in [0.25, 0.3) is 0 Å². The molecule has 1 aromatic carbocycles. The minimum atomic E-state index is -0.979. The number of para-hydroxylation sites is 1. The van der Waals surface area contributed by atoms with Crippen LogP contribution in [0.1, 0.15) is 26.7 Å². The molecule has 1 aliphatic heterocycles. The second kappa shape index (κ2) is 9.72. The van der Waals surface area contributed by atoms with Crippen LogP contribution in [0.15, 0.2) is 30.3 Å². The van der Waals surface area contributed by atoms with Crippen molar-refractivity contribution in [3.63, 3.8) is 0 Å². The van der Waals surface area contributed by atoms with Crippen molar-refractivity contribution in [2.75, 3.05) is 26.3 Å². The third kappa shape index (κ3) is 5.21. The molecule has 9 heteroatoms. The molecular weight excluding hydrogens is 366 g/mol. The van der Waals surface area contributed by atoms with Gasteiger partial charge in [0.15, 0.2) is 6.61 Å². The second-order valence-corrected chi connectivity index (χ2v) is 6.28. The fourth-order valence-corrected chi connectivity index (χ4v) is 2.80. The van der Waals surface area contributed by atoms with E-state index in [4.69, 9.17) is 9.47 Å². The minimum Gasteiger partial charge on any atom is -0.492 e. The lowest BCUT2D eigenvalue weighted by molar-refractivity contribution is -0.151. The van der Waals surface area contributed by atoms with Gasteiger partial charge < -0.3 is 20.1 Å². The second-order valence-electron chi connectivity index (χ2n) is 6.28. The van der Waals surface area contributed by atoms with Crippen LogP contribution in [0, 0.1) is 0 Å². The van der Waals surface area contributed by atoms with Crippen molar-refractivity contribution in [2.24, 2.45) is 0 Å². The molecule has 1 fully saturated rings. The molecule has 0 unspecified atom stereocenters. The summed E-state index contributed by atoms with van der Waals surface area (Å²) in [6.45, 7) is 3.05. The van der Waals surface area contributed by atoms with E-state index in [0.717, 1.165) is 4.90 Å². The van der Waals surface area contributed by atoms with Crippen molar-refractivity contribution in [3.8, 4) is 5.75 Å². The number of benzene rings is 1. The largest absolute Gasteiger partial charge is 0.492 e. The normalized spacial score (nSPS) is 15.1. The summed E-state index contributed by atoms with van der Waals surface area (Å²) in [4.78, 5) is 48.8. The monoisotopic (exact) mass is 391 g/mol. The number of carbonyl (C=O) groups is 4. The molecule has 2 N–H and O–H groups in total. The summed E-state index contributed by atoms with van der Waals surface area (Å²) in [6, 6.07) is 8.50. The Bertz CT molecular complexity index is 718. The number of nitrogens with one attached hydrogen (secondary N) is 2. The van der Waals surface area contributed by atoms with Crippen molar-refractivity contribution in [1.29, 1.82) is 0 Å². The number of nitrogens with zero attached hydrogens (tertiary/aromatic N) is 1. The first-order valence-electron chi connectivity index (χ1n) is 9.16. The highest BCUT2D eigenvalue weighted by Crippen LogP contribution is 2.24. The number of hydrogen-bond acceptors (Lipinski definition) is 6. The Labute approximate surface area is 163 Å². The maximum atomic E-state index is 12.4. The van der Waals surface area contributed by atoms with Crippen LogP contribution in [0.4, 0.5) is 4.79 Å². The van der Waals surface area contributed by atoms with Gasteiger partial charge in [-0.2, -0.15) is 0 Å². The SMILES string of the molecule is CCC1(CC)NC(=O)N(CC(=O)OCC(=O)NCCOc2ccccc2)C1=O. The van der Waals surface area contributed by atoms with Crippen molar-refractivity contribution in [1.82, 2.24) is 15.5 Å². The molecule has 4 amide bonds. The smallest absolute Gasteiger partial charge is 0.326 e. The zero-order chi connectivity index (χ0) is 20.6. The Balaban J connectivity index is 1.68. The fourth-order valence-electron chi connectivity index (χ4n) is 2.80. The van der Waals surface area contributed by atoms with E-state index in [-0.39, 0.29) is 13.2 Å². The zero-order valence-electron chi connectivity index (χ0n) is 16.0. The number of imide groups is 1. The lowest BCUT2D eigenvalue weighted by Crippen LogP contribution is -2.46. The number of urea groups is 1. The maximum absolute atomic E-state index is 12.4. The first kappa shape index (κ1) is 21.2. The quantitative estimate of drug-likeness (QED) is 0.347.